The van der Waals surface area contributed by atoms with Crippen LogP contribution in [0.15, 0.2) is 4.52 Å². The van der Waals surface area contributed by atoms with Crippen molar-refractivity contribution in [2.45, 2.75) is 57.2 Å². The van der Waals surface area contributed by atoms with Gasteiger partial charge in [0.25, 0.3) is 0 Å². The number of hydrogen-bond acceptors (Lipinski definition) is 6. The fourth-order valence-corrected chi connectivity index (χ4v) is 3.04. The summed E-state index contributed by atoms with van der Waals surface area (Å²) in [6.45, 7) is 3.54. The molecule has 2 aromatic rings. The lowest BCUT2D eigenvalue weighted by Crippen LogP contribution is -2.34. The third-order valence-corrected chi connectivity index (χ3v) is 4.58. The fourth-order valence-electron chi connectivity index (χ4n) is 3.04. The smallest absolute Gasteiger partial charge is 0.229 e. The van der Waals surface area contributed by atoms with Crippen molar-refractivity contribution in [3.8, 4) is 0 Å². The minimum atomic E-state index is 0.525. The number of rotatable bonds is 4. The zero-order chi connectivity index (χ0) is 13.8. The number of aromatic nitrogens is 5. The summed E-state index contributed by atoms with van der Waals surface area (Å²) in [5, 5.41) is 12.8. The number of hydrogen-bond donors (Lipinski definition) is 0. The average Bonchev–Trinajstić information content (AvgIpc) is 3.43. The summed E-state index contributed by atoms with van der Waals surface area (Å²) in [7, 11) is 0. The van der Waals surface area contributed by atoms with Crippen LogP contribution in [0.25, 0.3) is 0 Å². The van der Waals surface area contributed by atoms with Crippen LogP contribution in [0.1, 0.15) is 60.9 Å². The van der Waals surface area contributed by atoms with Crippen molar-refractivity contribution in [1.82, 2.24) is 29.8 Å². The van der Waals surface area contributed by atoms with Crippen LogP contribution in [0.3, 0.4) is 0 Å². The molecule has 1 aliphatic heterocycles. The molecule has 0 radical (unpaired) electrons. The SMILES string of the molecule is C1CC1c1nc(CN2CCn3c(nnc3C3CC3)C2)no1. The predicted octanol–water partition coefficient (Wildman–Crippen LogP) is 1.43. The van der Waals surface area contributed by atoms with Gasteiger partial charge in [-0.2, -0.15) is 4.98 Å². The van der Waals surface area contributed by atoms with Gasteiger partial charge in [0.1, 0.15) is 11.6 Å². The molecule has 0 aromatic carbocycles. The predicted molar refractivity (Wildman–Crippen MR) is 72.4 cm³/mol. The van der Waals surface area contributed by atoms with Crippen LogP contribution in [-0.2, 0) is 19.6 Å². The second-order valence-corrected chi connectivity index (χ2v) is 6.43. The van der Waals surface area contributed by atoms with Crippen LogP contribution in [0, 0.1) is 0 Å². The summed E-state index contributed by atoms with van der Waals surface area (Å²) in [6.07, 6.45) is 4.93. The first-order valence-corrected chi connectivity index (χ1v) is 7.83. The van der Waals surface area contributed by atoms with Gasteiger partial charge in [-0.25, -0.2) is 0 Å². The molecule has 0 spiro atoms. The Labute approximate surface area is 122 Å². The molecule has 3 aliphatic rings. The highest BCUT2D eigenvalue weighted by atomic mass is 16.5. The number of fused-ring (bicyclic) bond motifs is 1. The molecule has 2 aromatic heterocycles. The molecular formula is C14H18N6O. The van der Waals surface area contributed by atoms with Gasteiger partial charge in [0, 0.05) is 24.9 Å². The molecule has 21 heavy (non-hydrogen) atoms. The first-order chi connectivity index (χ1) is 10.4. The van der Waals surface area contributed by atoms with E-state index in [0.29, 0.717) is 11.8 Å². The van der Waals surface area contributed by atoms with Crippen LogP contribution in [-0.4, -0.2) is 36.3 Å². The first-order valence-electron chi connectivity index (χ1n) is 7.83. The van der Waals surface area contributed by atoms with Crippen molar-refractivity contribution in [3.63, 3.8) is 0 Å². The van der Waals surface area contributed by atoms with Crippen molar-refractivity contribution in [3.05, 3.63) is 23.4 Å². The summed E-state index contributed by atoms with van der Waals surface area (Å²) >= 11 is 0. The summed E-state index contributed by atoms with van der Waals surface area (Å²) < 4.78 is 7.63. The Kier molecular flexibility index (Phi) is 2.46. The van der Waals surface area contributed by atoms with E-state index in [2.05, 4.69) is 29.8 Å². The van der Waals surface area contributed by atoms with E-state index >= 15 is 0 Å². The fraction of sp³-hybridized carbons (Fsp3) is 0.714. The van der Waals surface area contributed by atoms with Gasteiger partial charge in [0.05, 0.1) is 13.1 Å². The lowest BCUT2D eigenvalue weighted by atomic mass is 10.3. The highest BCUT2D eigenvalue weighted by Gasteiger charge is 2.33. The molecule has 2 fully saturated rings. The maximum Gasteiger partial charge on any atom is 0.229 e. The van der Waals surface area contributed by atoms with Crippen LogP contribution >= 0.6 is 0 Å². The van der Waals surface area contributed by atoms with Crippen LogP contribution in [0.5, 0.6) is 0 Å². The van der Waals surface area contributed by atoms with Gasteiger partial charge in [-0.05, 0) is 25.7 Å². The highest BCUT2D eigenvalue weighted by molar-refractivity contribution is 5.10. The second kappa shape index (κ2) is 4.37. The molecule has 7 nitrogen and oxygen atoms in total. The van der Waals surface area contributed by atoms with Crippen molar-refractivity contribution in [2.24, 2.45) is 0 Å². The van der Waals surface area contributed by atoms with Crippen molar-refractivity contribution in [2.75, 3.05) is 6.54 Å². The Morgan fingerprint density at radius 1 is 1.05 bits per heavy atom. The third kappa shape index (κ3) is 2.16. The Morgan fingerprint density at radius 2 is 1.90 bits per heavy atom. The van der Waals surface area contributed by atoms with E-state index < -0.39 is 0 Å². The summed E-state index contributed by atoms with van der Waals surface area (Å²) in [5.41, 5.74) is 0. The van der Waals surface area contributed by atoms with Crippen molar-refractivity contribution >= 4 is 0 Å². The molecule has 110 valence electrons. The topological polar surface area (TPSA) is 72.9 Å². The molecule has 3 heterocycles. The van der Waals surface area contributed by atoms with Gasteiger partial charge in [-0.1, -0.05) is 5.16 Å². The lowest BCUT2D eigenvalue weighted by molar-refractivity contribution is 0.200. The standard InChI is InChI=1S/C14H18N6O/c1-2-9(1)13-17-16-12-8-19(5-6-20(12)13)7-11-15-14(21-18-11)10-3-4-10/h9-10H,1-8H2. The van der Waals surface area contributed by atoms with Crippen LogP contribution in [0.4, 0.5) is 0 Å². The summed E-state index contributed by atoms with van der Waals surface area (Å²) in [5.74, 6) is 5.08. The summed E-state index contributed by atoms with van der Waals surface area (Å²) in [4.78, 5) is 6.83. The highest BCUT2D eigenvalue weighted by Crippen LogP contribution is 2.40. The molecule has 0 unspecified atom stereocenters. The minimum absolute atomic E-state index is 0.525. The molecule has 2 saturated carbocycles. The van der Waals surface area contributed by atoms with Crippen LogP contribution in [0.2, 0.25) is 0 Å². The molecule has 0 amide bonds. The monoisotopic (exact) mass is 286 g/mol. The Balaban J connectivity index is 1.29. The average molecular weight is 286 g/mol. The van der Waals surface area contributed by atoms with E-state index in [4.69, 9.17) is 4.52 Å². The molecular weight excluding hydrogens is 268 g/mol. The maximum absolute atomic E-state index is 5.32. The Hall–Kier alpha value is -1.76. The molecule has 0 bridgehead atoms. The van der Waals surface area contributed by atoms with E-state index in [1.165, 1.54) is 31.5 Å². The molecule has 5 rings (SSSR count). The van der Waals surface area contributed by atoms with Gasteiger partial charge in [0.2, 0.25) is 5.89 Å². The molecule has 7 heteroatoms. The Morgan fingerprint density at radius 3 is 2.71 bits per heavy atom. The van der Waals surface area contributed by atoms with E-state index in [1.54, 1.807) is 0 Å². The third-order valence-electron chi connectivity index (χ3n) is 4.58. The zero-order valence-electron chi connectivity index (χ0n) is 11.9. The van der Waals surface area contributed by atoms with Gasteiger partial charge in [-0.15, -0.1) is 10.2 Å². The molecule has 0 saturated heterocycles. The number of nitrogens with zero attached hydrogens (tertiary/aromatic N) is 6. The normalized spacial score (nSPS) is 22.5. The van der Waals surface area contributed by atoms with Crippen molar-refractivity contribution in [1.29, 1.82) is 0 Å². The second-order valence-electron chi connectivity index (χ2n) is 6.43. The van der Waals surface area contributed by atoms with E-state index in [-0.39, 0.29) is 0 Å². The summed E-state index contributed by atoms with van der Waals surface area (Å²) in [6, 6.07) is 0. The first kappa shape index (κ1) is 11.9. The van der Waals surface area contributed by atoms with Crippen molar-refractivity contribution < 1.29 is 4.52 Å². The largest absolute Gasteiger partial charge is 0.339 e. The maximum atomic E-state index is 5.32. The lowest BCUT2D eigenvalue weighted by Gasteiger charge is -2.26. The molecule has 2 aliphatic carbocycles. The molecule has 0 atom stereocenters. The van der Waals surface area contributed by atoms with Gasteiger partial charge in [0.15, 0.2) is 5.82 Å². The van der Waals surface area contributed by atoms with E-state index in [1.807, 2.05) is 0 Å². The van der Waals surface area contributed by atoms with Crippen LogP contribution < -0.4 is 0 Å². The van der Waals surface area contributed by atoms with E-state index in [9.17, 15) is 0 Å². The zero-order valence-corrected chi connectivity index (χ0v) is 11.9. The molecule has 0 N–H and O–H groups in total. The Bertz CT molecular complexity index is 669. The van der Waals surface area contributed by atoms with Gasteiger partial charge >= 0.3 is 0 Å². The van der Waals surface area contributed by atoms with Gasteiger partial charge < -0.3 is 9.09 Å². The minimum Gasteiger partial charge on any atom is -0.339 e. The van der Waals surface area contributed by atoms with E-state index in [0.717, 1.165) is 43.7 Å². The van der Waals surface area contributed by atoms with Gasteiger partial charge in [-0.3, -0.25) is 4.90 Å². The quantitative estimate of drug-likeness (QED) is 0.846.